The maximum absolute atomic E-state index is 9.29. The average molecular weight is 308 g/mol. The van der Waals surface area contributed by atoms with Crippen molar-refractivity contribution in [2.24, 2.45) is 0 Å². The minimum absolute atomic E-state index is 0.0833. The van der Waals surface area contributed by atoms with Crippen LogP contribution in [0.1, 0.15) is 0 Å². The summed E-state index contributed by atoms with van der Waals surface area (Å²) in [5.74, 6) is -1.93. The van der Waals surface area contributed by atoms with Gasteiger partial charge in [0, 0.05) is 0 Å². The molecule has 0 atom stereocenters. The van der Waals surface area contributed by atoms with E-state index in [1.54, 1.807) is 0 Å². The van der Waals surface area contributed by atoms with Gasteiger partial charge in [-0.1, -0.05) is 0 Å². The predicted octanol–water partition coefficient (Wildman–Crippen LogP) is -2.06. The summed E-state index contributed by atoms with van der Waals surface area (Å²) in [7, 11) is 0. The molecular formula is C8H20O8S2. The molecule has 0 rings (SSSR count). The molecule has 0 saturated carbocycles. The molecule has 0 fully saturated rings. The number of aliphatic carboxylic acids is 2. The summed E-state index contributed by atoms with van der Waals surface area (Å²) in [6.07, 6.45) is 0. The van der Waals surface area contributed by atoms with E-state index in [-0.39, 0.29) is 37.9 Å². The van der Waals surface area contributed by atoms with Gasteiger partial charge >= 0.3 is 11.9 Å². The van der Waals surface area contributed by atoms with Crippen molar-refractivity contribution in [3.8, 4) is 0 Å². The largest absolute Gasteiger partial charge is 0.481 e. The van der Waals surface area contributed by atoms with Gasteiger partial charge < -0.3 is 30.6 Å². The molecule has 0 aliphatic heterocycles. The summed E-state index contributed by atoms with van der Waals surface area (Å²) in [4.78, 5) is 18.6. The summed E-state index contributed by atoms with van der Waals surface area (Å²) < 4.78 is 0. The first-order valence-corrected chi connectivity index (χ1v) is 5.72. The molecule has 8 nitrogen and oxygen atoms in total. The Morgan fingerprint density at radius 1 is 0.667 bits per heavy atom. The highest BCUT2D eigenvalue weighted by Crippen LogP contribution is 1.66. The van der Waals surface area contributed by atoms with Crippen LogP contribution in [0.2, 0.25) is 0 Å². The number of thiol groups is 2. The lowest BCUT2D eigenvalue weighted by Crippen LogP contribution is -1.92. The first kappa shape index (κ1) is 26.1. The normalized spacial score (nSPS) is 7.44. The topological polar surface area (TPSA) is 156 Å². The fourth-order valence-electron chi connectivity index (χ4n) is 0. The van der Waals surface area contributed by atoms with Gasteiger partial charge in [-0.05, 0) is 0 Å². The summed E-state index contributed by atoms with van der Waals surface area (Å²) in [5, 5.41) is 45.8. The molecule has 6 N–H and O–H groups in total. The van der Waals surface area contributed by atoms with Crippen LogP contribution in [0.25, 0.3) is 0 Å². The van der Waals surface area contributed by atoms with Gasteiger partial charge in [0.2, 0.25) is 0 Å². The molecule has 0 aliphatic carbocycles. The van der Waals surface area contributed by atoms with E-state index in [2.05, 4.69) is 25.3 Å². The van der Waals surface area contributed by atoms with Gasteiger partial charge in [-0.25, -0.2) is 0 Å². The maximum atomic E-state index is 9.29. The SMILES string of the molecule is O=C(O)CS.O=C(O)CS.OCCO.OCCO. The zero-order valence-electron chi connectivity index (χ0n) is 9.64. The third-order valence-electron chi connectivity index (χ3n) is 0.471. The van der Waals surface area contributed by atoms with Gasteiger partial charge in [0.15, 0.2) is 0 Å². The molecule has 0 radical (unpaired) electrons. The molecule has 0 bridgehead atoms. The lowest BCUT2D eigenvalue weighted by atomic mass is 10.8. The van der Waals surface area contributed by atoms with Crippen LogP contribution in [0.4, 0.5) is 0 Å². The fraction of sp³-hybridized carbons (Fsp3) is 0.750. The van der Waals surface area contributed by atoms with Crippen molar-refractivity contribution in [2.45, 2.75) is 0 Å². The number of carboxylic acids is 2. The van der Waals surface area contributed by atoms with Crippen molar-refractivity contribution in [1.29, 1.82) is 0 Å². The van der Waals surface area contributed by atoms with E-state index in [0.717, 1.165) is 0 Å². The fourth-order valence-corrected chi connectivity index (χ4v) is 0. The Labute approximate surface area is 116 Å². The van der Waals surface area contributed by atoms with E-state index in [9.17, 15) is 9.59 Å². The van der Waals surface area contributed by atoms with E-state index in [1.807, 2.05) is 0 Å². The Bertz CT molecular complexity index is 145. The third kappa shape index (κ3) is 108. The molecule has 0 aromatic rings. The lowest BCUT2D eigenvalue weighted by molar-refractivity contribution is -0.134. The van der Waals surface area contributed by atoms with Gasteiger partial charge in [0.05, 0.1) is 37.9 Å². The third-order valence-corrected chi connectivity index (χ3v) is 1.01. The minimum Gasteiger partial charge on any atom is -0.481 e. The molecule has 0 amide bonds. The first-order valence-electron chi connectivity index (χ1n) is 4.46. The smallest absolute Gasteiger partial charge is 0.313 e. The Kier molecular flexibility index (Phi) is 43.5. The van der Waals surface area contributed by atoms with Gasteiger partial charge in [0.25, 0.3) is 0 Å². The number of rotatable bonds is 4. The zero-order valence-corrected chi connectivity index (χ0v) is 11.4. The van der Waals surface area contributed by atoms with Crippen LogP contribution < -0.4 is 0 Å². The van der Waals surface area contributed by atoms with E-state index in [0.29, 0.717) is 0 Å². The van der Waals surface area contributed by atoms with Crippen LogP contribution >= 0.6 is 25.3 Å². The number of aliphatic hydroxyl groups excluding tert-OH is 4. The van der Waals surface area contributed by atoms with Crippen LogP contribution in [0.15, 0.2) is 0 Å². The van der Waals surface area contributed by atoms with Crippen LogP contribution in [0.3, 0.4) is 0 Å². The molecule has 112 valence electrons. The Morgan fingerprint density at radius 2 is 0.778 bits per heavy atom. The van der Waals surface area contributed by atoms with Gasteiger partial charge in [0.1, 0.15) is 0 Å². The molecule has 0 heterocycles. The van der Waals surface area contributed by atoms with Crippen molar-refractivity contribution in [2.75, 3.05) is 37.9 Å². The number of hydrogen-bond acceptors (Lipinski definition) is 8. The van der Waals surface area contributed by atoms with E-state index >= 15 is 0 Å². The van der Waals surface area contributed by atoms with Gasteiger partial charge in [-0.15, -0.1) is 0 Å². The van der Waals surface area contributed by atoms with Crippen LogP contribution in [0.5, 0.6) is 0 Å². The summed E-state index contributed by atoms with van der Waals surface area (Å²) in [5.41, 5.74) is 0. The monoisotopic (exact) mass is 308 g/mol. The van der Waals surface area contributed by atoms with E-state index in [1.165, 1.54) is 0 Å². The number of carboxylic acid groups (broad SMARTS) is 2. The molecule has 0 unspecified atom stereocenters. The first-order chi connectivity index (χ1) is 8.37. The van der Waals surface area contributed by atoms with Crippen molar-refractivity contribution in [3.05, 3.63) is 0 Å². The second-order valence-corrected chi connectivity index (χ2v) is 2.63. The zero-order chi connectivity index (χ0) is 15.4. The van der Waals surface area contributed by atoms with E-state index < -0.39 is 11.9 Å². The van der Waals surface area contributed by atoms with Crippen LogP contribution in [-0.4, -0.2) is 80.5 Å². The minimum atomic E-state index is -0.881. The number of aliphatic hydroxyl groups is 4. The van der Waals surface area contributed by atoms with Crippen LogP contribution in [-0.2, 0) is 9.59 Å². The summed E-state index contributed by atoms with van der Waals surface area (Å²) >= 11 is 6.83. The second-order valence-electron chi connectivity index (χ2n) is 2.00. The molecule has 0 aromatic carbocycles. The quantitative estimate of drug-likeness (QED) is 0.276. The van der Waals surface area contributed by atoms with Gasteiger partial charge in [-0.2, -0.15) is 25.3 Å². The molecule has 0 spiro atoms. The Morgan fingerprint density at radius 3 is 0.778 bits per heavy atom. The summed E-state index contributed by atoms with van der Waals surface area (Å²) in [6.45, 7) is -0.500. The molecular weight excluding hydrogens is 288 g/mol. The standard InChI is InChI=1S/2C2H4O2S.2C2H6O2/c2*3-2(4)1-5;2*3-1-2-4/h2*5H,1H2,(H,3,4);2*3-4H,1-2H2. The molecule has 18 heavy (non-hydrogen) atoms. The van der Waals surface area contributed by atoms with Crippen molar-refractivity contribution in [1.82, 2.24) is 0 Å². The highest BCUT2D eigenvalue weighted by molar-refractivity contribution is 7.81. The number of carbonyl (C=O) groups is 2. The van der Waals surface area contributed by atoms with Crippen molar-refractivity contribution >= 4 is 37.2 Å². The number of hydrogen-bond donors (Lipinski definition) is 8. The predicted molar refractivity (Wildman–Crippen MR) is 71.3 cm³/mol. The van der Waals surface area contributed by atoms with Crippen molar-refractivity contribution in [3.63, 3.8) is 0 Å². The molecule has 10 heteroatoms. The summed E-state index contributed by atoms with van der Waals surface area (Å²) in [6, 6.07) is 0. The highest BCUT2D eigenvalue weighted by Gasteiger charge is 1.82. The average Bonchev–Trinajstić information content (AvgIpc) is 2.39. The van der Waals surface area contributed by atoms with Gasteiger partial charge in [-0.3, -0.25) is 9.59 Å². The molecule has 0 saturated heterocycles. The van der Waals surface area contributed by atoms with Crippen LogP contribution in [0, 0.1) is 0 Å². The van der Waals surface area contributed by atoms with Crippen molar-refractivity contribution < 1.29 is 40.2 Å². The molecule has 0 aromatic heterocycles. The maximum Gasteiger partial charge on any atom is 0.313 e. The highest BCUT2D eigenvalue weighted by atomic mass is 32.1. The lowest BCUT2D eigenvalue weighted by Gasteiger charge is -1.71. The Hall–Kier alpha value is -0.520. The second kappa shape index (κ2) is 30.0. The van der Waals surface area contributed by atoms with E-state index in [4.69, 9.17) is 30.6 Å². The molecule has 0 aliphatic rings. The Balaban J connectivity index is -0.0000000731.